The van der Waals surface area contributed by atoms with Gasteiger partial charge >= 0.3 is 6.09 Å². The Labute approximate surface area is 240 Å². The Bertz CT molecular complexity index is 1400. The summed E-state index contributed by atoms with van der Waals surface area (Å²) in [6, 6.07) is 14.9. The first-order chi connectivity index (χ1) is 19.6. The number of imide groups is 1. The van der Waals surface area contributed by atoms with E-state index in [2.05, 4.69) is 12.2 Å². The van der Waals surface area contributed by atoms with E-state index in [4.69, 9.17) is 4.74 Å². The zero-order chi connectivity index (χ0) is 29.4. The lowest BCUT2D eigenvalue weighted by Crippen LogP contribution is -2.59. The lowest BCUT2D eigenvalue weighted by molar-refractivity contribution is -0.156. The van der Waals surface area contributed by atoms with Gasteiger partial charge in [-0.25, -0.2) is 13.2 Å². The van der Waals surface area contributed by atoms with E-state index in [9.17, 15) is 27.9 Å². The number of anilines is 1. The Hall–Kier alpha value is -3.28. The summed E-state index contributed by atoms with van der Waals surface area (Å²) in [5, 5.41) is 14.8. The lowest BCUT2D eigenvalue weighted by Gasteiger charge is -2.44. The van der Waals surface area contributed by atoms with Gasteiger partial charge in [-0.3, -0.25) is 14.5 Å². The molecule has 0 unspecified atom stereocenters. The Morgan fingerprint density at radius 3 is 2.44 bits per heavy atom. The van der Waals surface area contributed by atoms with Gasteiger partial charge in [0.05, 0.1) is 22.4 Å². The normalized spacial score (nSPS) is 27.9. The van der Waals surface area contributed by atoms with Gasteiger partial charge in [-0.2, -0.15) is 4.31 Å². The van der Waals surface area contributed by atoms with Crippen LogP contribution in [0.4, 0.5) is 10.5 Å². The first kappa shape index (κ1) is 29.2. The number of benzene rings is 2. The molecule has 3 fully saturated rings. The fourth-order valence-corrected chi connectivity index (χ4v) is 7.94. The van der Waals surface area contributed by atoms with Crippen LogP contribution in [0.3, 0.4) is 0 Å². The van der Waals surface area contributed by atoms with Crippen LogP contribution >= 0.6 is 0 Å². The second-order valence-corrected chi connectivity index (χ2v) is 13.2. The quantitative estimate of drug-likeness (QED) is 0.342. The van der Waals surface area contributed by atoms with E-state index in [0.29, 0.717) is 12.2 Å². The highest BCUT2D eigenvalue weighted by Gasteiger charge is 2.68. The average molecular weight is 584 g/mol. The molecule has 10 nitrogen and oxygen atoms in total. The van der Waals surface area contributed by atoms with Crippen LogP contribution in [0.25, 0.3) is 0 Å². The van der Waals surface area contributed by atoms with Crippen molar-refractivity contribution in [2.24, 2.45) is 17.8 Å². The summed E-state index contributed by atoms with van der Waals surface area (Å²) in [7, 11) is -4.04. The minimum atomic E-state index is -4.04. The van der Waals surface area contributed by atoms with Crippen molar-refractivity contribution >= 4 is 33.6 Å². The third-order valence-corrected chi connectivity index (χ3v) is 10.5. The summed E-state index contributed by atoms with van der Waals surface area (Å²) >= 11 is 0. The maximum atomic E-state index is 13.8. The zero-order valence-electron chi connectivity index (χ0n) is 23.4. The monoisotopic (exact) mass is 583 g/mol. The molecule has 0 bridgehead atoms. The Kier molecular flexibility index (Phi) is 8.22. The minimum Gasteiger partial charge on any atom is -0.443 e. The first-order valence-corrected chi connectivity index (χ1v) is 15.7. The van der Waals surface area contributed by atoms with Crippen molar-refractivity contribution in [3.8, 4) is 0 Å². The SMILES string of the molecule is CCCCCCNC(=O)O[C@H]1C[C@@H]2C(=O)N(c3ccccc3)C(=O)[C@@H]2[C@@H]2CN(S(=O)(=O)c3ccc(C)cc3)C[C@]12O. The summed E-state index contributed by atoms with van der Waals surface area (Å²) in [6.45, 7) is 3.79. The number of carbonyl (C=O) groups is 3. The Morgan fingerprint density at radius 1 is 1.05 bits per heavy atom. The maximum Gasteiger partial charge on any atom is 0.407 e. The van der Waals surface area contributed by atoms with E-state index >= 15 is 0 Å². The molecule has 3 amide bonds. The third-order valence-electron chi connectivity index (χ3n) is 8.63. The van der Waals surface area contributed by atoms with E-state index in [1.54, 1.807) is 42.5 Å². The molecule has 2 saturated heterocycles. The molecule has 11 heteroatoms. The molecular formula is C30H37N3O7S. The van der Waals surface area contributed by atoms with E-state index in [1.807, 2.05) is 6.92 Å². The smallest absolute Gasteiger partial charge is 0.407 e. The van der Waals surface area contributed by atoms with Gasteiger partial charge in [-0.15, -0.1) is 0 Å². The molecule has 2 aromatic carbocycles. The number of aryl methyl sites for hydroxylation is 1. The molecule has 5 rings (SSSR count). The van der Waals surface area contributed by atoms with Crippen molar-refractivity contribution in [2.45, 2.75) is 62.6 Å². The van der Waals surface area contributed by atoms with Crippen molar-refractivity contribution in [3.63, 3.8) is 0 Å². The van der Waals surface area contributed by atoms with Gasteiger partial charge < -0.3 is 15.2 Å². The summed E-state index contributed by atoms with van der Waals surface area (Å²) < 4.78 is 34.2. The highest BCUT2D eigenvalue weighted by atomic mass is 32.2. The standard InChI is InChI=1S/C30H37N3O7S/c1-3-4-5-9-16-31-29(36)40-25-17-23-26(28(35)33(27(23)34)21-10-7-6-8-11-21)24-18-32(19-30(24,25)37)41(38,39)22-14-12-20(2)13-15-22/h6-8,10-15,23-26,37H,3-5,9,16-19H2,1-2H3,(H,31,36)/t23-,24-,25-,26-,30+/m0/s1. The van der Waals surface area contributed by atoms with Gasteiger partial charge in [-0.1, -0.05) is 62.1 Å². The molecular weight excluding hydrogens is 546 g/mol. The fraction of sp³-hybridized carbons (Fsp3) is 0.500. The molecule has 41 heavy (non-hydrogen) atoms. The second-order valence-electron chi connectivity index (χ2n) is 11.3. The molecule has 0 radical (unpaired) electrons. The van der Waals surface area contributed by atoms with Gasteiger partial charge in [-0.05, 0) is 44.0 Å². The number of carbonyl (C=O) groups excluding carboxylic acids is 3. The number of unbranched alkanes of at least 4 members (excludes halogenated alkanes) is 3. The van der Waals surface area contributed by atoms with E-state index in [-0.39, 0.29) is 24.4 Å². The Balaban J connectivity index is 1.45. The number of hydrogen-bond donors (Lipinski definition) is 2. The predicted octanol–water partition coefficient (Wildman–Crippen LogP) is 3.23. The van der Waals surface area contributed by atoms with Crippen molar-refractivity contribution < 1.29 is 32.6 Å². The first-order valence-electron chi connectivity index (χ1n) is 14.2. The summed E-state index contributed by atoms with van der Waals surface area (Å²) in [5.74, 6) is -3.70. The van der Waals surface area contributed by atoms with Crippen LogP contribution in [0.15, 0.2) is 59.5 Å². The van der Waals surface area contributed by atoms with Gasteiger partial charge in [0.2, 0.25) is 21.8 Å². The molecule has 1 saturated carbocycles. The van der Waals surface area contributed by atoms with Crippen LogP contribution in [0.5, 0.6) is 0 Å². The zero-order valence-corrected chi connectivity index (χ0v) is 24.2. The van der Waals surface area contributed by atoms with Crippen LogP contribution in [-0.4, -0.2) is 67.1 Å². The number of nitrogens with one attached hydrogen (secondary N) is 1. The number of β-amino-alcohol motifs (C(OH)–C–C–N with tert-alkyl or cyclic N) is 1. The van der Waals surface area contributed by atoms with E-state index in [1.165, 1.54) is 12.1 Å². The molecule has 2 N–H and O–H groups in total. The van der Waals surface area contributed by atoms with Crippen LogP contribution in [0, 0.1) is 24.7 Å². The number of sulfonamides is 1. The topological polar surface area (TPSA) is 133 Å². The van der Waals surface area contributed by atoms with Gasteiger partial charge in [0.1, 0.15) is 11.7 Å². The summed E-state index contributed by atoms with van der Waals surface area (Å²) in [4.78, 5) is 41.3. The summed E-state index contributed by atoms with van der Waals surface area (Å²) in [6.07, 6.45) is 1.80. The van der Waals surface area contributed by atoms with Crippen LogP contribution < -0.4 is 10.2 Å². The molecule has 220 valence electrons. The number of ether oxygens (including phenoxy) is 1. The minimum absolute atomic E-state index is 0.0592. The number of hydrogen-bond acceptors (Lipinski definition) is 7. The molecule has 3 aliphatic rings. The van der Waals surface area contributed by atoms with Crippen LogP contribution in [0.1, 0.15) is 44.6 Å². The van der Waals surface area contributed by atoms with Gasteiger partial charge in [0.25, 0.3) is 0 Å². The number of amides is 3. The van der Waals surface area contributed by atoms with Crippen molar-refractivity contribution in [3.05, 3.63) is 60.2 Å². The number of rotatable bonds is 9. The number of aliphatic hydroxyl groups is 1. The van der Waals surface area contributed by atoms with E-state index < -0.39 is 57.4 Å². The molecule has 2 aromatic rings. The molecule has 5 atom stereocenters. The molecule has 0 aromatic heterocycles. The van der Waals surface area contributed by atoms with Gasteiger partial charge in [0.15, 0.2) is 0 Å². The largest absolute Gasteiger partial charge is 0.443 e. The maximum absolute atomic E-state index is 13.8. The highest BCUT2D eigenvalue weighted by Crippen LogP contribution is 2.52. The molecule has 1 aliphatic carbocycles. The number of nitrogens with zero attached hydrogens (tertiary/aromatic N) is 2. The lowest BCUT2D eigenvalue weighted by atomic mass is 9.65. The highest BCUT2D eigenvalue weighted by molar-refractivity contribution is 7.89. The number of para-hydroxylation sites is 1. The van der Waals surface area contributed by atoms with Gasteiger partial charge in [0, 0.05) is 25.6 Å². The molecule has 2 heterocycles. The predicted molar refractivity (Wildman–Crippen MR) is 151 cm³/mol. The van der Waals surface area contributed by atoms with Crippen LogP contribution in [-0.2, 0) is 24.3 Å². The van der Waals surface area contributed by atoms with Crippen molar-refractivity contribution in [1.82, 2.24) is 9.62 Å². The number of alkyl carbamates (subject to hydrolysis) is 1. The van der Waals surface area contributed by atoms with Crippen molar-refractivity contribution in [2.75, 3.05) is 24.5 Å². The molecule has 0 spiro atoms. The van der Waals surface area contributed by atoms with Crippen LogP contribution in [0.2, 0.25) is 0 Å². The second kappa shape index (κ2) is 11.5. The number of fused-ring (bicyclic) bond motifs is 3. The Morgan fingerprint density at radius 2 is 1.76 bits per heavy atom. The van der Waals surface area contributed by atoms with E-state index in [0.717, 1.165) is 40.5 Å². The average Bonchev–Trinajstić information content (AvgIpc) is 3.44. The summed E-state index contributed by atoms with van der Waals surface area (Å²) in [5.41, 5.74) is -0.559. The third kappa shape index (κ3) is 5.38. The molecule has 2 aliphatic heterocycles. The fourth-order valence-electron chi connectivity index (χ4n) is 6.43. The van der Waals surface area contributed by atoms with Crippen molar-refractivity contribution in [1.29, 1.82) is 0 Å².